The predicted molar refractivity (Wildman–Crippen MR) is 121 cm³/mol. The predicted octanol–water partition coefficient (Wildman–Crippen LogP) is 3.74. The summed E-state index contributed by atoms with van der Waals surface area (Å²) in [5.74, 6) is 0.282. The number of terminal acetylenes is 1. The Labute approximate surface area is 184 Å². The molecule has 0 unspecified atom stereocenters. The van der Waals surface area contributed by atoms with E-state index in [2.05, 4.69) is 21.9 Å². The fraction of sp³-hybridized carbons (Fsp3) is 0.0800. The number of carbonyl (C=O) groups excluding carboxylic acids is 3. The van der Waals surface area contributed by atoms with Gasteiger partial charge < -0.3 is 16.0 Å². The van der Waals surface area contributed by atoms with Crippen molar-refractivity contribution in [1.82, 2.24) is 5.32 Å². The molecule has 0 saturated carbocycles. The van der Waals surface area contributed by atoms with Gasteiger partial charge in [-0.25, -0.2) is 4.39 Å². The van der Waals surface area contributed by atoms with Crippen molar-refractivity contribution in [3.63, 3.8) is 0 Å². The van der Waals surface area contributed by atoms with Crippen LogP contribution in [0.15, 0.2) is 66.7 Å². The number of anilines is 2. The second-order valence-electron chi connectivity index (χ2n) is 6.92. The minimum Gasteiger partial charge on any atom is -0.343 e. The number of aryl methyl sites for hydroxylation is 1. The van der Waals surface area contributed by atoms with Crippen molar-refractivity contribution < 1.29 is 18.8 Å². The molecule has 0 radical (unpaired) electrons. The SMILES string of the molecule is C#Cc1cccc(NC(=O)CNC(=O)c2ccc(C)c(NC(=O)c3ccccc3F)c2)c1. The number of hydrogen-bond donors (Lipinski definition) is 3. The Hall–Kier alpha value is -4.44. The summed E-state index contributed by atoms with van der Waals surface area (Å²) in [6.07, 6.45) is 5.34. The van der Waals surface area contributed by atoms with Gasteiger partial charge in [0.05, 0.1) is 12.1 Å². The molecule has 7 heteroatoms. The first-order valence-electron chi connectivity index (χ1n) is 9.68. The molecule has 0 fully saturated rings. The van der Waals surface area contributed by atoms with E-state index in [1.165, 1.54) is 24.3 Å². The number of halogens is 1. The summed E-state index contributed by atoms with van der Waals surface area (Å²) >= 11 is 0. The van der Waals surface area contributed by atoms with E-state index in [-0.39, 0.29) is 17.7 Å². The number of benzene rings is 3. The normalized spacial score (nSPS) is 10.0. The van der Waals surface area contributed by atoms with Crippen molar-refractivity contribution in [3.05, 3.63) is 94.8 Å². The molecule has 0 aliphatic carbocycles. The standard InChI is InChI=1S/C25H20FN3O3/c1-3-17-7-6-8-19(13-17)28-23(30)15-27-24(31)18-12-11-16(2)22(14-18)29-25(32)20-9-4-5-10-21(20)26/h1,4-14H,15H2,2H3,(H,27,31)(H,28,30)(H,29,32). The molecule has 6 nitrogen and oxygen atoms in total. The minimum atomic E-state index is -0.643. The van der Waals surface area contributed by atoms with Crippen LogP contribution in [0.5, 0.6) is 0 Å². The van der Waals surface area contributed by atoms with Crippen molar-refractivity contribution in [2.45, 2.75) is 6.92 Å². The van der Waals surface area contributed by atoms with Crippen LogP contribution in [0.1, 0.15) is 31.8 Å². The summed E-state index contributed by atoms with van der Waals surface area (Å²) in [5.41, 5.74) is 2.33. The molecule has 3 rings (SSSR count). The number of carbonyl (C=O) groups is 3. The van der Waals surface area contributed by atoms with Crippen LogP contribution in [0.3, 0.4) is 0 Å². The van der Waals surface area contributed by atoms with E-state index in [4.69, 9.17) is 6.42 Å². The van der Waals surface area contributed by atoms with Gasteiger partial charge in [-0.1, -0.05) is 30.2 Å². The van der Waals surface area contributed by atoms with Gasteiger partial charge in [0.2, 0.25) is 5.91 Å². The van der Waals surface area contributed by atoms with Crippen LogP contribution in [0.4, 0.5) is 15.8 Å². The highest BCUT2D eigenvalue weighted by Gasteiger charge is 2.14. The monoisotopic (exact) mass is 429 g/mol. The van der Waals surface area contributed by atoms with Crippen molar-refractivity contribution in [1.29, 1.82) is 0 Å². The van der Waals surface area contributed by atoms with Gasteiger partial charge in [0.1, 0.15) is 5.82 Å². The van der Waals surface area contributed by atoms with E-state index >= 15 is 0 Å². The second-order valence-corrected chi connectivity index (χ2v) is 6.92. The first-order valence-corrected chi connectivity index (χ1v) is 9.68. The average Bonchev–Trinajstić information content (AvgIpc) is 2.79. The zero-order valence-electron chi connectivity index (χ0n) is 17.2. The highest BCUT2D eigenvalue weighted by atomic mass is 19.1. The molecular weight excluding hydrogens is 409 g/mol. The van der Waals surface area contributed by atoms with E-state index in [9.17, 15) is 18.8 Å². The van der Waals surface area contributed by atoms with E-state index in [1.54, 1.807) is 49.4 Å². The van der Waals surface area contributed by atoms with Crippen LogP contribution < -0.4 is 16.0 Å². The minimum absolute atomic E-state index is 0.104. The zero-order chi connectivity index (χ0) is 23.1. The third-order valence-electron chi connectivity index (χ3n) is 4.59. The Kier molecular flexibility index (Phi) is 6.99. The summed E-state index contributed by atoms with van der Waals surface area (Å²) in [5, 5.41) is 7.79. The third kappa shape index (κ3) is 5.58. The number of rotatable bonds is 6. The number of hydrogen-bond acceptors (Lipinski definition) is 3. The lowest BCUT2D eigenvalue weighted by Crippen LogP contribution is -2.33. The molecule has 160 valence electrons. The molecule has 3 N–H and O–H groups in total. The maximum atomic E-state index is 13.9. The highest BCUT2D eigenvalue weighted by Crippen LogP contribution is 2.19. The number of nitrogens with one attached hydrogen (secondary N) is 3. The third-order valence-corrected chi connectivity index (χ3v) is 4.59. The first kappa shape index (κ1) is 22.2. The summed E-state index contributed by atoms with van der Waals surface area (Å²) < 4.78 is 13.9. The second kappa shape index (κ2) is 10.0. The molecule has 0 bridgehead atoms. The molecule has 0 saturated heterocycles. The van der Waals surface area contributed by atoms with Crippen molar-refractivity contribution in [2.75, 3.05) is 17.2 Å². The molecular formula is C25H20FN3O3. The van der Waals surface area contributed by atoms with Gasteiger partial charge in [-0.15, -0.1) is 6.42 Å². The van der Waals surface area contributed by atoms with Gasteiger partial charge in [0.15, 0.2) is 0 Å². The van der Waals surface area contributed by atoms with Crippen LogP contribution in [0.2, 0.25) is 0 Å². The van der Waals surface area contributed by atoms with Gasteiger partial charge in [0, 0.05) is 22.5 Å². The molecule has 0 aliphatic rings. The summed E-state index contributed by atoms with van der Waals surface area (Å²) in [6.45, 7) is 1.49. The topological polar surface area (TPSA) is 87.3 Å². The Bertz CT molecular complexity index is 1230. The summed E-state index contributed by atoms with van der Waals surface area (Å²) in [6, 6.07) is 17.1. The molecule has 3 aromatic carbocycles. The lowest BCUT2D eigenvalue weighted by molar-refractivity contribution is -0.115. The van der Waals surface area contributed by atoms with Crippen molar-refractivity contribution in [2.24, 2.45) is 0 Å². The van der Waals surface area contributed by atoms with Gasteiger partial charge in [0.25, 0.3) is 11.8 Å². The van der Waals surface area contributed by atoms with Gasteiger partial charge >= 0.3 is 0 Å². The molecule has 0 atom stereocenters. The first-order chi connectivity index (χ1) is 15.4. The molecule has 0 aliphatic heterocycles. The van der Waals surface area contributed by atoms with E-state index in [0.29, 0.717) is 22.5 Å². The van der Waals surface area contributed by atoms with Crippen LogP contribution in [0.25, 0.3) is 0 Å². The Morgan fingerprint density at radius 3 is 2.47 bits per heavy atom. The smallest absolute Gasteiger partial charge is 0.258 e. The molecule has 3 amide bonds. The van der Waals surface area contributed by atoms with Crippen LogP contribution in [-0.4, -0.2) is 24.3 Å². The van der Waals surface area contributed by atoms with Crippen molar-refractivity contribution in [3.8, 4) is 12.3 Å². The van der Waals surface area contributed by atoms with E-state index < -0.39 is 23.5 Å². The summed E-state index contributed by atoms with van der Waals surface area (Å²) in [7, 11) is 0. The molecule has 0 heterocycles. The lowest BCUT2D eigenvalue weighted by Gasteiger charge is -2.12. The fourth-order valence-electron chi connectivity index (χ4n) is 2.89. The maximum absolute atomic E-state index is 13.9. The largest absolute Gasteiger partial charge is 0.343 e. The molecule has 32 heavy (non-hydrogen) atoms. The lowest BCUT2D eigenvalue weighted by atomic mass is 10.1. The Morgan fingerprint density at radius 1 is 0.938 bits per heavy atom. The van der Waals surface area contributed by atoms with Crippen LogP contribution >= 0.6 is 0 Å². The average molecular weight is 429 g/mol. The molecule has 0 aromatic heterocycles. The highest BCUT2D eigenvalue weighted by molar-refractivity contribution is 6.06. The molecule has 3 aromatic rings. The van der Waals surface area contributed by atoms with E-state index in [1.807, 2.05) is 0 Å². The van der Waals surface area contributed by atoms with E-state index in [0.717, 1.165) is 0 Å². The zero-order valence-corrected chi connectivity index (χ0v) is 17.2. The van der Waals surface area contributed by atoms with Crippen LogP contribution in [-0.2, 0) is 4.79 Å². The Balaban J connectivity index is 1.63. The number of amides is 3. The Morgan fingerprint density at radius 2 is 1.72 bits per heavy atom. The van der Waals surface area contributed by atoms with Crippen LogP contribution in [0, 0.1) is 25.1 Å². The molecule has 0 spiro atoms. The maximum Gasteiger partial charge on any atom is 0.258 e. The quantitative estimate of drug-likeness (QED) is 0.522. The van der Waals surface area contributed by atoms with Gasteiger partial charge in [-0.3, -0.25) is 14.4 Å². The van der Waals surface area contributed by atoms with Gasteiger partial charge in [-0.2, -0.15) is 0 Å². The summed E-state index contributed by atoms with van der Waals surface area (Å²) in [4.78, 5) is 37.0. The fourth-order valence-corrected chi connectivity index (χ4v) is 2.89. The van der Waals surface area contributed by atoms with Gasteiger partial charge in [-0.05, 0) is 55.0 Å². The van der Waals surface area contributed by atoms with Crippen molar-refractivity contribution >= 4 is 29.1 Å².